The lowest BCUT2D eigenvalue weighted by Crippen LogP contribution is -2.21. The molecule has 0 spiro atoms. The Labute approximate surface area is 139 Å². The zero-order valence-corrected chi connectivity index (χ0v) is 14.5. The van der Waals surface area contributed by atoms with Gasteiger partial charge in [-0.3, -0.25) is 0 Å². The van der Waals surface area contributed by atoms with Gasteiger partial charge in [0, 0.05) is 28.8 Å². The molecule has 2 rings (SSSR count). The summed E-state index contributed by atoms with van der Waals surface area (Å²) in [4.78, 5) is 2.16. The quantitative estimate of drug-likeness (QED) is 0.805. The van der Waals surface area contributed by atoms with E-state index < -0.39 is 6.10 Å². The lowest BCUT2D eigenvalue weighted by Gasteiger charge is -2.23. The summed E-state index contributed by atoms with van der Waals surface area (Å²) in [6.45, 7) is 2.85. The molecule has 1 N–H and O–H groups in total. The zero-order chi connectivity index (χ0) is 15.4. The number of hydrogen-bond acceptors (Lipinski definition) is 2. The molecule has 0 saturated carbocycles. The molecule has 0 amide bonds. The Kier molecular flexibility index (Phi) is 5.68. The van der Waals surface area contributed by atoms with E-state index in [4.69, 9.17) is 11.6 Å². The van der Waals surface area contributed by atoms with Crippen molar-refractivity contribution in [1.29, 1.82) is 0 Å². The van der Waals surface area contributed by atoms with Crippen LogP contribution in [0.1, 0.15) is 23.7 Å². The minimum atomic E-state index is -0.558. The summed E-state index contributed by atoms with van der Waals surface area (Å²) in [6.07, 6.45) is 0.0729. The zero-order valence-electron chi connectivity index (χ0n) is 12.2. The Morgan fingerprint density at radius 3 is 2.62 bits per heavy atom. The third kappa shape index (κ3) is 4.22. The van der Waals surface area contributed by atoms with E-state index in [0.29, 0.717) is 11.4 Å². The lowest BCUT2D eigenvalue weighted by atomic mass is 10.1. The van der Waals surface area contributed by atoms with E-state index in [-0.39, 0.29) is 0 Å². The SMILES string of the molecule is Cc1ccccc1N(C)CCC(O)c1ccc(Br)cc1Cl. The van der Waals surface area contributed by atoms with Crippen LogP contribution < -0.4 is 4.90 Å². The number of nitrogens with zero attached hydrogens (tertiary/aromatic N) is 1. The Morgan fingerprint density at radius 2 is 1.95 bits per heavy atom. The number of aryl methyl sites for hydroxylation is 1. The number of aliphatic hydroxyl groups excluding tert-OH is 1. The number of anilines is 1. The first-order valence-corrected chi connectivity index (χ1v) is 8.06. The van der Waals surface area contributed by atoms with Crippen LogP contribution in [0.2, 0.25) is 5.02 Å². The van der Waals surface area contributed by atoms with E-state index in [1.165, 1.54) is 11.3 Å². The highest BCUT2D eigenvalue weighted by molar-refractivity contribution is 9.10. The molecule has 0 aliphatic rings. The number of halogens is 2. The van der Waals surface area contributed by atoms with Crippen molar-refractivity contribution in [3.05, 3.63) is 63.1 Å². The lowest BCUT2D eigenvalue weighted by molar-refractivity contribution is 0.170. The van der Waals surface area contributed by atoms with Crippen LogP contribution in [-0.4, -0.2) is 18.7 Å². The molecular formula is C17H19BrClNO. The topological polar surface area (TPSA) is 23.5 Å². The molecule has 2 nitrogen and oxygen atoms in total. The molecule has 0 bridgehead atoms. The first-order chi connectivity index (χ1) is 9.99. The number of benzene rings is 2. The van der Waals surface area contributed by atoms with Gasteiger partial charge in [-0.2, -0.15) is 0 Å². The summed E-state index contributed by atoms with van der Waals surface area (Å²) in [5.74, 6) is 0. The predicted octanol–water partition coefficient (Wildman–Crippen LogP) is 4.97. The number of aliphatic hydroxyl groups is 1. The highest BCUT2D eigenvalue weighted by atomic mass is 79.9. The first kappa shape index (κ1) is 16.3. The summed E-state index contributed by atoms with van der Waals surface area (Å²) in [7, 11) is 2.04. The molecule has 4 heteroatoms. The summed E-state index contributed by atoms with van der Waals surface area (Å²) in [6, 6.07) is 13.8. The Balaban J connectivity index is 2.01. The van der Waals surface area contributed by atoms with Gasteiger partial charge in [0.05, 0.1) is 6.10 Å². The van der Waals surface area contributed by atoms with Crippen LogP contribution in [0, 0.1) is 6.92 Å². The van der Waals surface area contributed by atoms with Crippen LogP contribution >= 0.6 is 27.5 Å². The van der Waals surface area contributed by atoms with E-state index in [1.807, 2.05) is 37.4 Å². The highest BCUT2D eigenvalue weighted by Crippen LogP contribution is 2.29. The van der Waals surface area contributed by atoms with Gasteiger partial charge in [-0.15, -0.1) is 0 Å². The first-order valence-electron chi connectivity index (χ1n) is 6.89. The second-order valence-electron chi connectivity index (χ2n) is 5.18. The second kappa shape index (κ2) is 7.30. The van der Waals surface area contributed by atoms with Crippen molar-refractivity contribution in [1.82, 2.24) is 0 Å². The van der Waals surface area contributed by atoms with Crippen molar-refractivity contribution >= 4 is 33.2 Å². The van der Waals surface area contributed by atoms with Crippen molar-refractivity contribution in [2.24, 2.45) is 0 Å². The van der Waals surface area contributed by atoms with Crippen LogP contribution in [0.15, 0.2) is 46.9 Å². The number of rotatable bonds is 5. The molecule has 0 aliphatic carbocycles. The van der Waals surface area contributed by atoms with Crippen LogP contribution in [0.25, 0.3) is 0 Å². The molecule has 1 unspecified atom stereocenters. The Hall–Kier alpha value is -1.03. The third-order valence-electron chi connectivity index (χ3n) is 3.59. The molecule has 0 heterocycles. The monoisotopic (exact) mass is 367 g/mol. The average molecular weight is 369 g/mol. The minimum Gasteiger partial charge on any atom is -0.388 e. The van der Waals surface area contributed by atoms with Crippen LogP contribution in [0.4, 0.5) is 5.69 Å². The fraction of sp³-hybridized carbons (Fsp3) is 0.294. The number of para-hydroxylation sites is 1. The van der Waals surface area contributed by atoms with Crippen molar-refractivity contribution in [2.75, 3.05) is 18.5 Å². The van der Waals surface area contributed by atoms with E-state index in [2.05, 4.69) is 39.9 Å². The molecule has 1 atom stereocenters. The smallest absolute Gasteiger partial charge is 0.0821 e. The largest absolute Gasteiger partial charge is 0.388 e. The van der Waals surface area contributed by atoms with Crippen LogP contribution in [0.3, 0.4) is 0 Å². The fourth-order valence-corrected chi connectivity index (χ4v) is 3.15. The molecule has 21 heavy (non-hydrogen) atoms. The Bertz CT molecular complexity index is 617. The van der Waals surface area contributed by atoms with Gasteiger partial charge in [0.15, 0.2) is 0 Å². The van der Waals surface area contributed by atoms with E-state index in [9.17, 15) is 5.11 Å². The van der Waals surface area contributed by atoms with Crippen LogP contribution in [-0.2, 0) is 0 Å². The summed E-state index contributed by atoms with van der Waals surface area (Å²) in [5.41, 5.74) is 3.20. The maximum atomic E-state index is 10.3. The van der Waals surface area contributed by atoms with Crippen molar-refractivity contribution in [3.63, 3.8) is 0 Å². The molecule has 0 fully saturated rings. The van der Waals surface area contributed by atoms with Crippen molar-refractivity contribution in [2.45, 2.75) is 19.4 Å². The third-order valence-corrected chi connectivity index (χ3v) is 4.41. The normalized spacial score (nSPS) is 12.2. The molecule has 112 valence electrons. The summed E-state index contributed by atoms with van der Waals surface area (Å²) >= 11 is 9.55. The molecule has 0 aliphatic heterocycles. The second-order valence-corrected chi connectivity index (χ2v) is 6.50. The predicted molar refractivity (Wildman–Crippen MR) is 93.2 cm³/mol. The van der Waals surface area contributed by atoms with Gasteiger partial charge < -0.3 is 10.0 Å². The summed E-state index contributed by atoms with van der Waals surface area (Å²) < 4.78 is 0.917. The standard InChI is InChI=1S/C17H19BrClNO/c1-12-5-3-4-6-16(12)20(2)10-9-17(21)14-8-7-13(18)11-15(14)19/h3-8,11,17,21H,9-10H2,1-2H3. The Morgan fingerprint density at radius 1 is 1.24 bits per heavy atom. The average Bonchev–Trinajstić information content (AvgIpc) is 2.45. The van der Waals surface area contributed by atoms with Crippen molar-refractivity contribution in [3.8, 4) is 0 Å². The highest BCUT2D eigenvalue weighted by Gasteiger charge is 2.13. The molecule has 0 radical (unpaired) electrons. The molecule has 2 aromatic rings. The van der Waals surface area contributed by atoms with Gasteiger partial charge in [0.1, 0.15) is 0 Å². The van der Waals surface area contributed by atoms with Crippen molar-refractivity contribution < 1.29 is 5.11 Å². The van der Waals surface area contributed by atoms with Gasteiger partial charge in [0.25, 0.3) is 0 Å². The molecule has 0 saturated heterocycles. The maximum absolute atomic E-state index is 10.3. The summed E-state index contributed by atoms with van der Waals surface area (Å²) in [5, 5.41) is 10.9. The molecule has 0 aromatic heterocycles. The van der Waals surface area contributed by atoms with Gasteiger partial charge in [-0.1, -0.05) is 51.8 Å². The minimum absolute atomic E-state index is 0.558. The van der Waals surface area contributed by atoms with E-state index >= 15 is 0 Å². The fourth-order valence-electron chi connectivity index (χ4n) is 2.36. The van der Waals surface area contributed by atoms with Crippen LogP contribution in [0.5, 0.6) is 0 Å². The van der Waals surface area contributed by atoms with E-state index in [1.54, 1.807) is 0 Å². The van der Waals surface area contributed by atoms with Gasteiger partial charge >= 0.3 is 0 Å². The van der Waals surface area contributed by atoms with Gasteiger partial charge in [0.2, 0.25) is 0 Å². The molecular weight excluding hydrogens is 350 g/mol. The number of hydrogen-bond donors (Lipinski definition) is 1. The maximum Gasteiger partial charge on any atom is 0.0821 e. The molecule has 2 aromatic carbocycles. The van der Waals surface area contributed by atoms with E-state index in [0.717, 1.165) is 16.6 Å². The van der Waals surface area contributed by atoms with Gasteiger partial charge in [-0.25, -0.2) is 0 Å². The van der Waals surface area contributed by atoms with Gasteiger partial charge in [-0.05, 0) is 42.7 Å².